The maximum atomic E-state index is 11.4. The standard InChI is InChI=1S/C10H17NO3S2/c1-2-3-4-9-8(5-6-12)7-15-10(9)16(11,13)14/h7,12H,2-6H2,1H3,(H2,11,13,14). The molecule has 92 valence electrons. The second kappa shape index (κ2) is 5.77. The van der Waals surface area contributed by atoms with Crippen LogP contribution in [0.15, 0.2) is 9.59 Å². The summed E-state index contributed by atoms with van der Waals surface area (Å²) in [6.07, 6.45) is 3.13. The summed E-state index contributed by atoms with van der Waals surface area (Å²) >= 11 is 1.15. The Labute approximate surface area is 100 Å². The number of aliphatic hydroxyl groups is 1. The van der Waals surface area contributed by atoms with Crippen molar-refractivity contribution in [3.05, 3.63) is 16.5 Å². The molecule has 0 saturated carbocycles. The minimum atomic E-state index is -3.62. The number of rotatable bonds is 6. The van der Waals surface area contributed by atoms with Crippen molar-refractivity contribution in [3.8, 4) is 0 Å². The van der Waals surface area contributed by atoms with E-state index in [1.807, 2.05) is 0 Å². The number of primary sulfonamides is 1. The molecule has 0 unspecified atom stereocenters. The van der Waals surface area contributed by atoms with Gasteiger partial charge in [0.1, 0.15) is 4.21 Å². The Balaban J connectivity index is 3.09. The van der Waals surface area contributed by atoms with E-state index in [0.29, 0.717) is 12.8 Å². The van der Waals surface area contributed by atoms with Crippen molar-refractivity contribution in [2.45, 2.75) is 36.8 Å². The van der Waals surface area contributed by atoms with Crippen molar-refractivity contribution in [1.29, 1.82) is 0 Å². The maximum Gasteiger partial charge on any atom is 0.247 e. The highest BCUT2D eigenvalue weighted by molar-refractivity contribution is 7.91. The molecule has 3 N–H and O–H groups in total. The smallest absolute Gasteiger partial charge is 0.247 e. The molecule has 4 nitrogen and oxygen atoms in total. The largest absolute Gasteiger partial charge is 0.396 e. The van der Waals surface area contributed by atoms with Crippen LogP contribution in [0.3, 0.4) is 0 Å². The van der Waals surface area contributed by atoms with Crippen LogP contribution in [-0.2, 0) is 22.9 Å². The maximum absolute atomic E-state index is 11.4. The van der Waals surface area contributed by atoms with Crippen LogP contribution < -0.4 is 5.14 Å². The lowest BCUT2D eigenvalue weighted by Crippen LogP contribution is -2.13. The summed E-state index contributed by atoms with van der Waals surface area (Å²) in [6.45, 7) is 2.08. The van der Waals surface area contributed by atoms with E-state index in [0.717, 1.165) is 35.3 Å². The van der Waals surface area contributed by atoms with Crippen molar-refractivity contribution in [2.75, 3.05) is 6.61 Å². The van der Waals surface area contributed by atoms with E-state index in [1.54, 1.807) is 5.38 Å². The van der Waals surface area contributed by atoms with Crippen molar-refractivity contribution in [3.63, 3.8) is 0 Å². The Kier molecular flexibility index (Phi) is 4.91. The molecule has 1 heterocycles. The minimum absolute atomic E-state index is 0.0277. The van der Waals surface area contributed by atoms with Gasteiger partial charge in [-0.15, -0.1) is 11.3 Å². The van der Waals surface area contributed by atoms with E-state index in [-0.39, 0.29) is 10.8 Å². The van der Waals surface area contributed by atoms with Crippen LogP contribution in [0, 0.1) is 0 Å². The molecule has 0 amide bonds. The quantitative estimate of drug-likeness (QED) is 0.811. The van der Waals surface area contributed by atoms with Crippen molar-refractivity contribution in [2.24, 2.45) is 5.14 Å². The lowest BCUT2D eigenvalue weighted by Gasteiger charge is -2.04. The zero-order valence-electron chi connectivity index (χ0n) is 9.27. The molecule has 1 rings (SSSR count). The molecule has 0 atom stereocenters. The summed E-state index contributed by atoms with van der Waals surface area (Å²) in [7, 11) is -3.62. The van der Waals surface area contributed by atoms with Gasteiger partial charge in [0, 0.05) is 6.61 Å². The molecule has 1 aromatic heterocycles. The Hall–Kier alpha value is -0.430. The van der Waals surface area contributed by atoms with Gasteiger partial charge in [-0.25, -0.2) is 13.6 Å². The van der Waals surface area contributed by atoms with Gasteiger partial charge in [0.2, 0.25) is 10.0 Å². The second-order valence-electron chi connectivity index (χ2n) is 3.65. The van der Waals surface area contributed by atoms with Crippen LogP contribution >= 0.6 is 11.3 Å². The third kappa shape index (κ3) is 3.28. The summed E-state index contributed by atoms with van der Waals surface area (Å²) in [4.78, 5) is 0. The predicted octanol–water partition coefficient (Wildman–Crippen LogP) is 1.27. The SMILES string of the molecule is CCCCc1c(CCO)csc1S(N)(=O)=O. The molecule has 0 spiro atoms. The molecule has 0 bridgehead atoms. The molecule has 1 aromatic rings. The lowest BCUT2D eigenvalue weighted by molar-refractivity contribution is 0.299. The fourth-order valence-electron chi connectivity index (χ4n) is 1.58. The van der Waals surface area contributed by atoms with E-state index < -0.39 is 10.0 Å². The molecule has 0 aliphatic heterocycles. The number of aliphatic hydroxyl groups excluding tert-OH is 1. The van der Waals surface area contributed by atoms with Crippen LogP contribution in [-0.4, -0.2) is 20.1 Å². The third-order valence-electron chi connectivity index (χ3n) is 2.36. The summed E-state index contributed by atoms with van der Waals surface area (Å²) in [5.41, 5.74) is 1.70. The molecular formula is C10H17NO3S2. The number of thiophene rings is 1. The van der Waals surface area contributed by atoms with Gasteiger partial charge >= 0.3 is 0 Å². The summed E-state index contributed by atoms with van der Waals surface area (Å²) in [6, 6.07) is 0. The lowest BCUT2D eigenvalue weighted by atomic mass is 10.1. The zero-order chi connectivity index (χ0) is 12.2. The molecule has 0 fully saturated rings. The normalized spacial score (nSPS) is 11.9. The van der Waals surface area contributed by atoms with E-state index in [2.05, 4.69) is 6.92 Å². The Morgan fingerprint density at radius 3 is 2.62 bits per heavy atom. The van der Waals surface area contributed by atoms with Gasteiger partial charge in [0.25, 0.3) is 0 Å². The number of nitrogens with two attached hydrogens (primary N) is 1. The van der Waals surface area contributed by atoms with Gasteiger partial charge in [0.15, 0.2) is 0 Å². The average Bonchev–Trinajstić information content (AvgIpc) is 2.58. The van der Waals surface area contributed by atoms with Crippen LogP contribution in [0.1, 0.15) is 30.9 Å². The van der Waals surface area contributed by atoms with Gasteiger partial charge < -0.3 is 5.11 Å². The molecule has 0 radical (unpaired) electrons. The fraction of sp³-hybridized carbons (Fsp3) is 0.600. The Bertz CT molecular complexity index is 437. The van der Waals surface area contributed by atoms with E-state index in [4.69, 9.17) is 10.2 Å². The molecule has 0 saturated heterocycles. The first kappa shape index (κ1) is 13.6. The first-order chi connectivity index (χ1) is 7.50. The third-order valence-corrected chi connectivity index (χ3v) is 4.97. The number of unbranched alkanes of at least 4 members (excludes halogenated alkanes) is 1. The van der Waals surface area contributed by atoms with E-state index in [1.165, 1.54) is 0 Å². The van der Waals surface area contributed by atoms with Crippen LogP contribution in [0.4, 0.5) is 0 Å². The monoisotopic (exact) mass is 263 g/mol. The van der Waals surface area contributed by atoms with Gasteiger partial charge in [-0.1, -0.05) is 13.3 Å². The number of hydrogen-bond acceptors (Lipinski definition) is 4. The van der Waals surface area contributed by atoms with Crippen LogP contribution in [0.5, 0.6) is 0 Å². The minimum Gasteiger partial charge on any atom is -0.396 e. The van der Waals surface area contributed by atoms with Gasteiger partial charge in [-0.3, -0.25) is 0 Å². The van der Waals surface area contributed by atoms with Gasteiger partial charge in [-0.05, 0) is 35.8 Å². The van der Waals surface area contributed by atoms with Crippen molar-refractivity contribution < 1.29 is 13.5 Å². The average molecular weight is 263 g/mol. The van der Waals surface area contributed by atoms with E-state index >= 15 is 0 Å². The van der Waals surface area contributed by atoms with Crippen molar-refractivity contribution >= 4 is 21.4 Å². The van der Waals surface area contributed by atoms with Crippen LogP contribution in [0.2, 0.25) is 0 Å². The second-order valence-corrected chi connectivity index (χ2v) is 6.29. The van der Waals surface area contributed by atoms with Gasteiger partial charge in [-0.2, -0.15) is 0 Å². The molecule has 6 heteroatoms. The summed E-state index contributed by atoms with van der Waals surface area (Å²) in [5, 5.41) is 15.8. The highest BCUT2D eigenvalue weighted by Gasteiger charge is 2.19. The van der Waals surface area contributed by atoms with Crippen molar-refractivity contribution in [1.82, 2.24) is 0 Å². The van der Waals surface area contributed by atoms with Crippen LogP contribution in [0.25, 0.3) is 0 Å². The topological polar surface area (TPSA) is 80.4 Å². The highest BCUT2D eigenvalue weighted by atomic mass is 32.2. The Morgan fingerprint density at radius 2 is 2.12 bits per heavy atom. The van der Waals surface area contributed by atoms with Gasteiger partial charge in [0.05, 0.1) is 0 Å². The Morgan fingerprint density at radius 1 is 1.44 bits per heavy atom. The number of sulfonamides is 1. The zero-order valence-corrected chi connectivity index (χ0v) is 10.9. The molecule has 0 aromatic carbocycles. The molecule has 0 aliphatic carbocycles. The fourth-order valence-corrected chi connectivity index (χ4v) is 3.73. The summed E-state index contributed by atoms with van der Waals surface area (Å²) in [5.74, 6) is 0. The van der Waals surface area contributed by atoms with E-state index in [9.17, 15) is 8.42 Å². The molecular weight excluding hydrogens is 246 g/mol. The predicted molar refractivity (Wildman–Crippen MR) is 65.1 cm³/mol. The number of hydrogen-bond donors (Lipinski definition) is 2. The summed E-state index contributed by atoms with van der Waals surface area (Å²) < 4.78 is 23.0. The first-order valence-corrected chi connectivity index (χ1v) is 7.66. The molecule has 16 heavy (non-hydrogen) atoms. The highest BCUT2D eigenvalue weighted by Crippen LogP contribution is 2.28. The molecule has 0 aliphatic rings. The first-order valence-electron chi connectivity index (χ1n) is 5.23.